The Morgan fingerprint density at radius 1 is 1.36 bits per heavy atom. The Kier molecular flexibility index (Phi) is 4.61. The fourth-order valence-corrected chi connectivity index (χ4v) is 3.62. The van der Waals surface area contributed by atoms with Crippen LogP contribution in [0.4, 0.5) is 10.6 Å². The van der Waals surface area contributed by atoms with Crippen LogP contribution >= 0.6 is 15.9 Å². The predicted octanol–water partition coefficient (Wildman–Crippen LogP) is 3.13. The maximum absolute atomic E-state index is 12.5. The minimum atomic E-state index is -0.521. The number of nitrogens with two attached hydrogens (primary N) is 1. The van der Waals surface area contributed by atoms with Crippen molar-refractivity contribution in [2.45, 2.75) is 58.2 Å². The molecule has 2 atom stereocenters. The number of halogens is 1. The van der Waals surface area contributed by atoms with Gasteiger partial charge in [0.25, 0.3) is 0 Å². The lowest BCUT2D eigenvalue weighted by Crippen LogP contribution is -2.48. The van der Waals surface area contributed by atoms with Gasteiger partial charge in [0.1, 0.15) is 22.3 Å². The monoisotopic (exact) mass is 410 g/mol. The number of piperidine rings is 1. The second-order valence-electron chi connectivity index (χ2n) is 7.41. The number of amides is 1. The van der Waals surface area contributed by atoms with Gasteiger partial charge in [-0.3, -0.25) is 0 Å². The van der Waals surface area contributed by atoms with Gasteiger partial charge in [-0.1, -0.05) is 0 Å². The lowest BCUT2D eigenvalue weighted by Gasteiger charge is -2.38. The summed E-state index contributed by atoms with van der Waals surface area (Å²) in [6.45, 7) is 8.17. The van der Waals surface area contributed by atoms with Gasteiger partial charge in [-0.2, -0.15) is 5.10 Å². The van der Waals surface area contributed by atoms with Crippen molar-refractivity contribution >= 4 is 38.9 Å². The normalized spacial score (nSPS) is 21.6. The minimum Gasteiger partial charge on any atom is -0.444 e. The number of ether oxygens (including phenoxy) is 1. The molecule has 136 valence electrons. The summed E-state index contributed by atoms with van der Waals surface area (Å²) in [5.74, 6) is 0.385. The Morgan fingerprint density at radius 3 is 2.76 bits per heavy atom. The van der Waals surface area contributed by atoms with E-state index in [-0.39, 0.29) is 18.2 Å². The van der Waals surface area contributed by atoms with Crippen molar-refractivity contribution in [3.05, 3.63) is 10.9 Å². The molecule has 1 amide bonds. The summed E-state index contributed by atoms with van der Waals surface area (Å²) < 4.78 is 7.99. The first-order valence-electron chi connectivity index (χ1n) is 8.31. The number of nitrogen functional groups attached to an aromatic ring is 1. The molecule has 8 nitrogen and oxygen atoms in total. The number of rotatable bonds is 1. The fraction of sp³-hybridized carbons (Fsp3) is 0.625. The van der Waals surface area contributed by atoms with Crippen LogP contribution in [-0.4, -0.2) is 48.9 Å². The van der Waals surface area contributed by atoms with Gasteiger partial charge >= 0.3 is 6.09 Å². The Labute approximate surface area is 154 Å². The van der Waals surface area contributed by atoms with Gasteiger partial charge in [-0.05, 0) is 56.5 Å². The van der Waals surface area contributed by atoms with Crippen LogP contribution in [0.1, 0.15) is 46.6 Å². The molecule has 2 aromatic heterocycles. The number of hydrogen-bond donors (Lipinski definition) is 1. The third-order valence-corrected chi connectivity index (χ3v) is 4.86. The van der Waals surface area contributed by atoms with Crippen molar-refractivity contribution < 1.29 is 9.53 Å². The summed E-state index contributed by atoms with van der Waals surface area (Å²) in [6, 6.07) is 0.128. The lowest BCUT2D eigenvalue weighted by atomic mass is 10.00. The molecule has 0 aromatic carbocycles. The van der Waals surface area contributed by atoms with Crippen molar-refractivity contribution in [3.8, 4) is 0 Å². The van der Waals surface area contributed by atoms with E-state index in [1.165, 1.54) is 6.33 Å². The molecule has 2 unspecified atom stereocenters. The van der Waals surface area contributed by atoms with E-state index in [1.54, 1.807) is 4.90 Å². The SMILES string of the molecule is CC1CCC(n2nc(Br)c3c(N)ncnc32)CN1C(=O)OC(C)(C)C. The maximum atomic E-state index is 12.5. The molecule has 0 bridgehead atoms. The Bertz CT molecular complexity index is 800. The fourth-order valence-electron chi connectivity index (χ4n) is 3.07. The van der Waals surface area contributed by atoms with Crippen LogP contribution in [0.15, 0.2) is 10.9 Å². The molecule has 1 fully saturated rings. The number of nitrogens with zero attached hydrogens (tertiary/aromatic N) is 5. The number of hydrogen-bond acceptors (Lipinski definition) is 6. The van der Waals surface area contributed by atoms with Gasteiger partial charge in [-0.15, -0.1) is 0 Å². The molecule has 0 saturated carbocycles. The molecule has 2 aromatic rings. The van der Waals surface area contributed by atoms with Crippen LogP contribution < -0.4 is 5.73 Å². The van der Waals surface area contributed by atoms with E-state index in [2.05, 4.69) is 31.0 Å². The summed E-state index contributed by atoms with van der Waals surface area (Å²) in [5, 5.41) is 5.24. The van der Waals surface area contributed by atoms with E-state index in [0.29, 0.717) is 28.0 Å². The van der Waals surface area contributed by atoms with E-state index in [1.807, 2.05) is 32.4 Å². The molecule has 0 aliphatic carbocycles. The summed E-state index contributed by atoms with van der Waals surface area (Å²) in [6.07, 6.45) is 2.89. The van der Waals surface area contributed by atoms with Gasteiger partial charge < -0.3 is 15.4 Å². The third-order valence-electron chi connectivity index (χ3n) is 4.31. The Hall–Kier alpha value is -1.90. The first-order valence-corrected chi connectivity index (χ1v) is 9.10. The molecule has 9 heteroatoms. The van der Waals surface area contributed by atoms with Gasteiger partial charge in [0.05, 0.1) is 11.4 Å². The highest BCUT2D eigenvalue weighted by Gasteiger charge is 2.34. The predicted molar refractivity (Wildman–Crippen MR) is 98.1 cm³/mol. The molecule has 1 saturated heterocycles. The molecule has 25 heavy (non-hydrogen) atoms. The van der Waals surface area contributed by atoms with E-state index < -0.39 is 5.60 Å². The average molecular weight is 411 g/mol. The molecule has 2 N–H and O–H groups in total. The highest BCUT2D eigenvalue weighted by Crippen LogP contribution is 2.32. The van der Waals surface area contributed by atoms with E-state index in [9.17, 15) is 4.79 Å². The Balaban J connectivity index is 1.89. The lowest BCUT2D eigenvalue weighted by molar-refractivity contribution is 0.00583. The number of carbonyl (C=O) groups is 1. The smallest absolute Gasteiger partial charge is 0.410 e. The standard InChI is InChI=1S/C16H23BrN6O2/c1-9-5-6-10(7-22(9)15(24)25-16(2,3)4)23-14-11(12(17)21-23)13(18)19-8-20-14/h8-10H,5-7H2,1-4H3,(H2,18,19,20). The summed E-state index contributed by atoms with van der Waals surface area (Å²) in [5.41, 5.74) is 6.10. The summed E-state index contributed by atoms with van der Waals surface area (Å²) in [4.78, 5) is 22.7. The molecule has 1 aliphatic heterocycles. The quantitative estimate of drug-likeness (QED) is 0.774. The van der Waals surface area contributed by atoms with Crippen LogP contribution in [0.3, 0.4) is 0 Å². The first-order chi connectivity index (χ1) is 11.7. The van der Waals surface area contributed by atoms with Crippen molar-refractivity contribution in [3.63, 3.8) is 0 Å². The number of aromatic nitrogens is 4. The zero-order valence-electron chi connectivity index (χ0n) is 14.9. The number of fused-ring (bicyclic) bond motifs is 1. The van der Waals surface area contributed by atoms with E-state index in [4.69, 9.17) is 10.5 Å². The highest BCUT2D eigenvalue weighted by atomic mass is 79.9. The summed E-state index contributed by atoms with van der Waals surface area (Å²) in [7, 11) is 0. The van der Waals surface area contributed by atoms with E-state index >= 15 is 0 Å². The second kappa shape index (κ2) is 6.44. The first kappa shape index (κ1) is 17.9. The second-order valence-corrected chi connectivity index (χ2v) is 8.16. The highest BCUT2D eigenvalue weighted by molar-refractivity contribution is 9.10. The van der Waals surface area contributed by atoms with Crippen LogP contribution in [0, 0.1) is 0 Å². The topological polar surface area (TPSA) is 99.2 Å². The van der Waals surface area contributed by atoms with Gasteiger partial charge in [0.15, 0.2) is 5.65 Å². The molecule has 0 radical (unpaired) electrons. The number of anilines is 1. The molecule has 3 heterocycles. The van der Waals surface area contributed by atoms with Crippen molar-refractivity contribution in [2.24, 2.45) is 0 Å². The van der Waals surface area contributed by atoms with Crippen molar-refractivity contribution in [1.82, 2.24) is 24.6 Å². The van der Waals surface area contributed by atoms with Gasteiger partial charge in [-0.25, -0.2) is 19.4 Å². The third kappa shape index (κ3) is 3.56. The Morgan fingerprint density at radius 2 is 2.08 bits per heavy atom. The largest absolute Gasteiger partial charge is 0.444 e. The maximum Gasteiger partial charge on any atom is 0.410 e. The van der Waals surface area contributed by atoms with Gasteiger partial charge in [0.2, 0.25) is 0 Å². The van der Waals surface area contributed by atoms with Crippen LogP contribution in [0.5, 0.6) is 0 Å². The number of carbonyl (C=O) groups excluding carboxylic acids is 1. The molecular weight excluding hydrogens is 388 g/mol. The van der Waals surface area contributed by atoms with Crippen molar-refractivity contribution in [1.29, 1.82) is 0 Å². The molecular formula is C16H23BrN6O2. The van der Waals surface area contributed by atoms with Crippen LogP contribution in [0.25, 0.3) is 11.0 Å². The van der Waals surface area contributed by atoms with Gasteiger partial charge in [0, 0.05) is 12.6 Å². The zero-order valence-corrected chi connectivity index (χ0v) is 16.4. The van der Waals surface area contributed by atoms with Crippen LogP contribution in [0.2, 0.25) is 0 Å². The summed E-state index contributed by atoms with van der Waals surface area (Å²) >= 11 is 3.43. The number of likely N-dealkylation sites (tertiary alicyclic amines) is 1. The average Bonchev–Trinajstić information content (AvgIpc) is 2.84. The minimum absolute atomic E-state index is 0.00631. The van der Waals surface area contributed by atoms with Crippen LogP contribution in [-0.2, 0) is 4.74 Å². The molecule has 3 rings (SSSR count). The zero-order chi connectivity index (χ0) is 18.4. The molecule has 0 spiro atoms. The van der Waals surface area contributed by atoms with Crippen molar-refractivity contribution in [2.75, 3.05) is 12.3 Å². The van der Waals surface area contributed by atoms with E-state index in [0.717, 1.165) is 12.8 Å². The molecule has 1 aliphatic rings.